The molecule has 6 rings (SSSR count). The van der Waals surface area contributed by atoms with Crippen LogP contribution in [-0.2, 0) is 29.1 Å². The van der Waals surface area contributed by atoms with Gasteiger partial charge in [-0.25, -0.2) is 18.2 Å². The smallest absolute Gasteiger partial charge is 0.408 e. The van der Waals surface area contributed by atoms with Crippen LogP contribution < -0.4 is 24.8 Å². The van der Waals surface area contributed by atoms with E-state index in [1.807, 2.05) is 18.2 Å². The number of benzene rings is 1. The summed E-state index contributed by atoms with van der Waals surface area (Å²) in [6.45, 7) is 9.17. The van der Waals surface area contributed by atoms with Crippen molar-refractivity contribution in [1.29, 1.82) is 0 Å². The molecule has 4 aliphatic rings. The molecule has 2 aliphatic carbocycles. The number of nitrogens with one attached hydrogen (secondary N) is 3. The summed E-state index contributed by atoms with van der Waals surface area (Å²) in [4.78, 5) is 60.5. The third kappa shape index (κ3) is 7.21. The van der Waals surface area contributed by atoms with Gasteiger partial charge in [-0.2, -0.15) is 0 Å². The molecule has 2 saturated carbocycles. The zero-order chi connectivity index (χ0) is 35.1. The van der Waals surface area contributed by atoms with Gasteiger partial charge in [-0.15, -0.1) is 6.58 Å². The molecule has 1 aromatic heterocycles. The normalized spacial score (nSPS) is 27.5. The maximum Gasteiger partial charge on any atom is 0.408 e. The van der Waals surface area contributed by atoms with Gasteiger partial charge in [0.2, 0.25) is 27.7 Å². The fourth-order valence-electron chi connectivity index (χ4n) is 6.23. The maximum atomic E-state index is 14.3. The average molecular weight is 696 g/mol. The van der Waals surface area contributed by atoms with Crippen LogP contribution in [-0.4, -0.2) is 90.9 Å². The van der Waals surface area contributed by atoms with Crippen LogP contribution in [0.4, 0.5) is 4.79 Å². The van der Waals surface area contributed by atoms with Crippen molar-refractivity contribution in [1.82, 2.24) is 25.2 Å². The second-order valence-electron chi connectivity index (χ2n) is 14.0. The Morgan fingerprint density at radius 2 is 1.86 bits per heavy atom. The minimum absolute atomic E-state index is 0.0217. The fraction of sp³-hybridized carbons (Fsp3) is 0.500. The van der Waals surface area contributed by atoms with Crippen molar-refractivity contribution >= 4 is 44.6 Å². The van der Waals surface area contributed by atoms with Gasteiger partial charge in [0.1, 0.15) is 42.7 Å². The minimum atomic E-state index is -3.89. The van der Waals surface area contributed by atoms with Crippen LogP contribution in [0.25, 0.3) is 10.8 Å². The van der Waals surface area contributed by atoms with Crippen LogP contribution in [0.15, 0.2) is 55.3 Å². The van der Waals surface area contributed by atoms with Gasteiger partial charge in [0.15, 0.2) is 0 Å². The molecule has 4 amide bonds. The van der Waals surface area contributed by atoms with E-state index in [1.165, 1.54) is 11.0 Å². The standard InChI is InChI=1S/C34H41N5O9S/c1-5-21-18-34(21,31(42)38-49(44,45)24-10-11-24)37-28(40)26-17-23-19-39(26)30(41)27(33(2,3)4)36-32(43)47-15-7-6-14-46-22-9-8-20-12-13-35-29(48-23)25(20)16-22/h5-9,12-13,16,21,23-24,26-27H,1,10-11,14-15,17-19H2,2-4H3,(H,36,43)(H,37,40)(H,38,42)/t21-,23-,26+,27-,34-/m1/s1. The van der Waals surface area contributed by atoms with E-state index in [2.05, 4.69) is 26.9 Å². The maximum absolute atomic E-state index is 14.3. The molecule has 3 N–H and O–H groups in total. The number of carbonyl (C=O) groups excluding carboxylic acids is 4. The van der Waals surface area contributed by atoms with Gasteiger partial charge >= 0.3 is 6.09 Å². The number of rotatable bonds is 6. The number of hydrogen-bond acceptors (Lipinski definition) is 10. The van der Waals surface area contributed by atoms with Gasteiger partial charge in [0, 0.05) is 23.9 Å². The molecule has 0 unspecified atom stereocenters. The van der Waals surface area contributed by atoms with E-state index < -0.39 is 74.1 Å². The van der Waals surface area contributed by atoms with Gasteiger partial charge in [0.05, 0.1) is 11.8 Å². The van der Waals surface area contributed by atoms with E-state index in [0.29, 0.717) is 24.0 Å². The topological polar surface area (TPSA) is 182 Å². The zero-order valence-corrected chi connectivity index (χ0v) is 28.5. The molecule has 4 bridgehead atoms. The lowest BCUT2D eigenvalue weighted by molar-refractivity contribution is -0.142. The van der Waals surface area contributed by atoms with Crippen molar-refractivity contribution < 1.29 is 41.8 Å². The highest BCUT2D eigenvalue weighted by Gasteiger charge is 2.62. The lowest BCUT2D eigenvalue weighted by atomic mass is 9.85. The molecule has 262 valence electrons. The van der Waals surface area contributed by atoms with Crippen LogP contribution in [0.2, 0.25) is 0 Å². The van der Waals surface area contributed by atoms with E-state index in [-0.39, 0.29) is 38.5 Å². The number of hydrogen-bond donors (Lipinski definition) is 3. The Morgan fingerprint density at radius 3 is 2.53 bits per heavy atom. The lowest BCUT2D eigenvalue weighted by Crippen LogP contribution is -2.60. The first kappa shape index (κ1) is 34.2. The summed E-state index contributed by atoms with van der Waals surface area (Å²) in [6, 6.07) is 5.03. The van der Waals surface area contributed by atoms with Crippen molar-refractivity contribution in [2.75, 3.05) is 19.8 Å². The highest BCUT2D eigenvalue weighted by Crippen LogP contribution is 2.45. The largest absolute Gasteiger partial charge is 0.490 e. The Labute approximate surface area is 284 Å². The summed E-state index contributed by atoms with van der Waals surface area (Å²) >= 11 is 0. The van der Waals surface area contributed by atoms with Crippen LogP contribution in [0.5, 0.6) is 11.6 Å². The van der Waals surface area contributed by atoms with Crippen molar-refractivity contribution in [2.45, 2.75) is 75.4 Å². The van der Waals surface area contributed by atoms with Crippen LogP contribution in [0, 0.1) is 11.3 Å². The van der Waals surface area contributed by atoms with Crippen molar-refractivity contribution in [2.24, 2.45) is 11.3 Å². The van der Waals surface area contributed by atoms with Gasteiger partial charge in [-0.05, 0) is 60.4 Å². The van der Waals surface area contributed by atoms with Gasteiger partial charge in [-0.1, -0.05) is 32.9 Å². The summed E-state index contributed by atoms with van der Waals surface area (Å²) < 4.78 is 44.9. The number of cyclic esters (lactones) is 1. The number of ether oxygens (including phenoxy) is 3. The monoisotopic (exact) mass is 695 g/mol. The minimum Gasteiger partial charge on any atom is -0.490 e. The van der Waals surface area contributed by atoms with Crippen LogP contribution >= 0.6 is 0 Å². The summed E-state index contributed by atoms with van der Waals surface area (Å²) in [5, 5.41) is 6.30. The molecule has 2 aliphatic heterocycles. The Kier molecular flexibility index (Phi) is 9.07. The summed E-state index contributed by atoms with van der Waals surface area (Å²) in [5.74, 6) is -1.76. The molecule has 14 nitrogen and oxygen atoms in total. The molecular formula is C34H41N5O9S. The number of carbonyl (C=O) groups is 4. The van der Waals surface area contributed by atoms with Crippen LogP contribution in [0.1, 0.15) is 46.5 Å². The Hall–Kier alpha value is -4.66. The number of amides is 4. The molecule has 1 saturated heterocycles. The molecule has 0 spiro atoms. The molecule has 3 fully saturated rings. The summed E-state index contributed by atoms with van der Waals surface area (Å²) in [5.41, 5.74) is -2.36. The van der Waals surface area contributed by atoms with Gasteiger partial charge < -0.3 is 29.7 Å². The summed E-state index contributed by atoms with van der Waals surface area (Å²) in [7, 11) is -3.89. The second kappa shape index (κ2) is 13.0. The highest BCUT2D eigenvalue weighted by molar-refractivity contribution is 7.91. The molecule has 15 heteroatoms. The fourth-order valence-corrected chi connectivity index (χ4v) is 7.60. The van der Waals surface area contributed by atoms with E-state index in [0.717, 1.165) is 5.39 Å². The molecule has 2 aromatic rings. The number of fused-ring (bicyclic) bond motifs is 3. The number of sulfonamides is 1. The molecule has 49 heavy (non-hydrogen) atoms. The number of nitrogens with zero attached hydrogens (tertiary/aromatic N) is 2. The molecule has 5 atom stereocenters. The Bertz CT molecular complexity index is 1820. The first-order valence-corrected chi connectivity index (χ1v) is 17.8. The first-order valence-electron chi connectivity index (χ1n) is 16.3. The Balaban J connectivity index is 1.33. The van der Waals surface area contributed by atoms with Crippen LogP contribution in [0.3, 0.4) is 0 Å². The van der Waals surface area contributed by atoms with Gasteiger partial charge in [-0.3, -0.25) is 19.1 Å². The summed E-state index contributed by atoms with van der Waals surface area (Å²) in [6.07, 6.45) is 5.96. The first-order chi connectivity index (χ1) is 23.2. The van der Waals surface area contributed by atoms with Gasteiger partial charge in [0.25, 0.3) is 5.91 Å². The third-order valence-electron chi connectivity index (χ3n) is 9.28. The van der Waals surface area contributed by atoms with E-state index in [1.54, 1.807) is 45.2 Å². The number of aromatic nitrogens is 1. The van der Waals surface area contributed by atoms with E-state index >= 15 is 0 Å². The molecular weight excluding hydrogens is 654 g/mol. The number of alkyl carbamates (subject to hydrolysis) is 1. The van der Waals surface area contributed by atoms with Crippen molar-refractivity contribution in [3.8, 4) is 11.6 Å². The Morgan fingerprint density at radius 1 is 1.12 bits per heavy atom. The molecule has 3 heterocycles. The van der Waals surface area contributed by atoms with E-state index in [9.17, 15) is 27.6 Å². The van der Waals surface area contributed by atoms with E-state index in [4.69, 9.17) is 14.2 Å². The predicted molar refractivity (Wildman–Crippen MR) is 178 cm³/mol. The number of pyridine rings is 1. The third-order valence-corrected chi connectivity index (χ3v) is 11.1. The molecule has 1 aromatic carbocycles. The van der Waals surface area contributed by atoms with Crippen molar-refractivity contribution in [3.05, 3.63) is 55.3 Å². The predicted octanol–water partition coefficient (Wildman–Crippen LogP) is 2.34. The second-order valence-corrected chi connectivity index (χ2v) is 15.9. The highest BCUT2D eigenvalue weighted by atomic mass is 32.2. The quantitative estimate of drug-likeness (QED) is 0.380. The molecule has 0 radical (unpaired) electrons. The average Bonchev–Trinajstić information content (AvgIpc) is 3.97. The lowest BCUT2D eigenvalue weighted by Gasteiger charge is -2.35. The SMILES string of the molecule is C=C[C@@H]1C[C@]1(NC(=O)[C@@H]1C[C@@H]2CN1C(=O)[C@H](C(C)(C)C)NC(=O)OCC=CCOc1ccc3ccnc(c3c1)O2)C(=O)NS(=O)(=O)C1CC1. The van der Waals surface area contributed by atoms with Crippen molar-refractivity contribution in [3.63, 3.8) is 0 Å². The zero-order valence-electron chi connectivity index (χ0n) is 27.6.